The second-order valence-corrected chi connectivity index (χ2v) is 5.36. The maximum absolute atomic E-state index is 11.7. The van der Waals surface area contributed by atoms with Gasteiger partial charge >= 0.3 is 5.97 Å². The fourth-order valence-corrected chi connectivity index (χ4v) is 2.00. The molecule has 2 rings (SSSR count). The van der Waals surface area contributed by atoms with E-state index in [4.69, 9.17) is 4.74 Å². The van der Waals surface area contributed by atoms with Gasteiger partial charge in [-0.05, 0) is 42.3 Å². The molecule has 0 unspecified atom stereocenters. The van der Waals surface area contributed by atoms with Crippen LogP contribution in [0.3, 0.4) is 0 Å². The zero-order chi connectivity index (χ0) is 17.5. The normalized spacial score (nSPS) is 10.7. The minimum atomic E-state index is -0.524. The van der Waals surface area contributed by atoms with E-state index in [2.05, 4.69) is 0 Å². The second-order valence-electron chi connectivity index (χ2n) is 5.36. The molecule has 0 bridgehead atoms. The zero-order valence-corrected chi connectivity index (χ0v) is 13.2. The molecule has 2 N–H and O–H groups in total. The Morgan fingerprint density at radius 2 is 1.58 bits per heavy atom. The first-order valence-electron chi connectivity index (χ1n) is 7.43. The lowest BCUT2D eigenvalue weighted by Gasteiger charge is -2.06. The van der Waals surface area contributed by atoms with Gasteiger partial charge in [0.25, 0.3) is 0 Å². The maximum atomic E-state index is 11.7. The van der Waals surface area contributed by atoms with Crippen LogP contribution in [0.25, 0.3) is 12.2 Å². The molecule has 0 saturated heterocycles. The highest BCUT2D eigenvalue weighted by Gasteiger charge is 2.08. The molecule has 124 valence electrons. The van der Waals surface area contributed by atoms with Crippen LogP contribution in [-0.2, 0) is 9.59 Å². The van der Waals surface area contributed by atoms with E-state index in [9.17, 15) is 19.8 Å². The Balaban J connectivity index is 2.08. The average Bonchev–Trinajstić information content (AvgIpc) is 2.52. The molecule has 24 heavy (non-hydrogen) atoms. The molecule has 0 fully saturated rings. The van der Waals surface area contributed by atoms with Crippen LogP contribution in [0.15, 0.2) is 42.5 Å². The molecule has 2 aromatic carbocycles. The Kier molecular flexibility index (Phi) is 5.73. The molecule has 0 amide bonds. The Bertz CT molecular complexity index is 760. The summed E-state index contributed by atoms with van der Waals surface area (Å²) in [6, 6.07) is 11.1. The Hall–Kier alpha value is -3.08. The summed E-state index contributed by atoms with van der Waals surface area (Å²) in [4.78, 5) is 22.5. The van der Waals surface area contributed by atoms with Gasteiger partial charge in [0.1, 0.15) is 23.0 Å². The molecule has 2 aromatic rings. The van der Waals surface area contributed by atoms with Crippen molar-refractivity contribution in [3.05, 3.63) is 53.6 Å². The summed E-state index contributed by atoms with van der Waals surface area (Å²) in [6.07, 6.45) is 3.68. The number of ketones is 1. The summed E-state index contributed by atoms with van der Waals surface area (Å²) in [5.74, 6) is -0.236. The van der Waals surface area contributed by atoms with Gasteiger partial charge in [0.2, 0.25) is 0 Å². The molecule has 0 atom stereocenters. The van der Waals surface area contributed by atoms with Crippen LogP contribution in [-0.4, -0.2) is 22.0 Å². The van der Waals surface area contributed by atoms with Crippen molar-refractivity contribution >= 4 is 23.9 Å². The standard InChI is InChI=1S/C19H18O5/c1-13(20)2-9-19(23)24-18-11-15(10-17(22)12-18)4-3-14-5-7-16(21)8-6-14/h3-8,10-12,21-22H,2,9H2,1H3/b4-3+. The highest BCUT2D eigenvalue weighted by molar-refractivity contribution is 5.82. The van der Waals surface area contributed by atoms with Crippen LogP contribution in [0, 0.1) is 0 Å². The van der Waals surface area contributed by atoms with Crippen LogP contribution >= 0.6 is 0 Å². The van der Waals surface area contributed by atoms with E-state index >= 15 is 0 Å². The van der Waals surface area contributed by atoms with Gasteiger partial charge in [-0.1, -0.05) is 24.3 Å². The number of hydrogen-bond acceptors (Lipinski definition) is 5. The quantitative estimate of drug-likeness (QED) is 0.482. The van der Waals surface area contributed by atoms with Gasteiger partial charge in [0.05, 0.1) is 6.42 Å². The fraction of sp³-hybridized carbons (Fsp3) is 0.158. The second kappa shape index (κ2) is 7.97. The molecule has 0 heterocycles. The van der Waals surface area contributed by atoms with Gasteiger partial charge in [0.15, 0.2) is 0 Å². The smallest absolute Gasteiger partial charge is 0.311 e. The van der Waals surface area contributed by atoms with Gasteiger partial charge < -0.3 is 19.7 Å². The molecule has 5 nitrogen and oxygen atoms in total. The van der Waals surface area contributed by atoms with Crippen molar-refractivity contribution in [3.8, 4) is 17.2 Å². The number of carbonyl (C=O) groups excluding carboxylic acids is 2. The third-order valence-corrected chi connectivity index (χ3v) is 3.19. The molecular weight excluding hydrogens is 308 g/mol. The third kappa shape index (κ3) is 5.61. The molecule has 5 heteroatoms. The number of aromatic hydroxyl groups is 2. The minimum Gasteiger partial charge on any atom is -0.508 e. The van der Waals surface area contributed by atoms with E-state index in [1.54, 1.807) is 42.5 Å². The van der Waals surface area contributed by atoms with Gasteiger partial charge in [0, 0.05) is 12.5 Å². The van der Waals surface area contributed by atoms with Crippen LogP contribution < -0.4 is 4.74 Å². The van der Waals surface area contributed by atoms with Crippen molar-refractivity contribution in [2.24, 2.45) is 0 Å². The van der Waals surface area contributed by atoms with Gasteiger partial charge in [-0.15, -0.1) is 0 Å². The van der Waals surface area contributed by atoms with Crippen LogP contribution in [0.4, 0.5) is 0 Å². The highest BCUT2D eigenvalue weighted by atomic mass is 16.5. The molecule has 0 radical (unpaired) electrons. The summed E-state index contributed by atoms with van der Waals surface area (Å²) < 4.78 is 5.14. The Morgan fingerprint density at radius 3 is 2.25 bits per heavy atom. The number of esters is 1. The van der Waals surface area contributed by atoms with Crippen molar-refractivity contribution in [2.75, 3.05) is 0 Å². The number of hydrogen-bond donors (Lipinski definition) is 2. The molecule has 0 aliphatic rings. The number of phenols is 2. The van der Waals surface area contributed by atoms with E-state index in [0.29, 0.717) is 5.56 Å². The van der Waals surface area contributed by atoms with E-state index in [1.165, 1.54) is 19.1 Å². The molecule has 0 aliphatic carbocycles. The Morgan fingerprint density at radius 1 is 0.917 bits per heavy atom. The van der Waals surface area contributed by atoms with Crippen LogP contribution in [0.5, 0.6) is 17.2 Å². The number of ether oxygens (including phenoxy) is 1. The summed E-state index contributed by atoms with van der Waals surface area (Å²) in [5.41, 5.74) is 1.52. The molecule has 0 aliphatic heterocycles. The third-order valence-electron chi connectivity index (χ3n) is 3.19. The highest BCUT2D eigenvalue weighted by Crippen LogP contribution is 2.24. The van der Waals surface area contributed by atoms with Gasteiger partial charge in [-0.3, -0.25) is 4.79 Å². The average molecular weight is 326 g/mol. The molecule has 0 saturated carbocycles. The number of carbonyl (C=O) groups is 2. The molecule has 0 aromatic heterocycles. The first-order chi connectivity index (χ1) is 11.4. The number of phenolic OH excluding ortho intramolecular Hbond substituents is 2. The van der Waals surface area contributed by atoms with Crippen molar-refractivity contribution in [1.82, 2.24) is 0 Å². The summed E-state index contributed by atoms with van der Waals surface area (Å²) in [6.45, 7) is 1.41. The van der Waals surface area contributed by atoms with E-state index in [0.717, 1.165) is 5.56 Å². The predicted molar refractivity (Wildman–Crippen MR) is 90.7 cm³/mol. The van der Waals surface area contributed by atoms with Crippen molar-refractivity contribution in [2.45, 2.75) is 19.8 Å². The number of benzene rings is 2. The van der Waals surface area contributed by atoms with E-state index < -0.39 is 5.97 Å². The van der Waals surface area contributed by atoms with Gasteiger partial charge in [-0.2, -0.15) is 0 Å². The lowest BCUT2D eigenvalue weighted by molar-refractivity contribution is -0.135. The fourth-order valence-electron chi connectivity index (χ4n) is 2.00. The summed E-state index contributed by atoms with van der Waals surface area (Å²) >= 11 is 0. The van der Waals surface area contributed by atoms with E-state index in [-0.39, 0.29) is 35.9 Å². The zero-order valence-electron chi connectivity index (χ0n) is 13.2. The minimum absolute atomic E-state index is 0.00364. The first kappa shape index (κ1) is 17.3. The first-order valence-corrected chi connectivity index (χ1v) is 7.43. The summed E-state index contributed by atoms with van der Waals surface area (Å²) in [7, 11) is 0. The molecular formula is C19H18O5. The monoisotopic (exact) mass is 326 g/mol. The van der Waals surface area contributed by atoms with Crippen LogP contribution in [0.2, 0.25) is 0 Å². The van der Waals surface area contributed by atoms with Gasteiger partial charge in [-0.25, -0.2) is 0 Å². The summed E-state index contributed by atoms with van der Waals surface area (Å²) in [5, 5.41) is 19.0. The maximum Gasteiger partial charge on any atom is 0.311 e. The SMILES string of the molecule is CC(=O)CCC(=O)Oc1cc(O)cc(/C=C/c2ccc(O)cc2)c1. The van der Waals surface area contributed by atoms with Crippen molar-refractivity contribution in [1.29, 1.82) is 0 Å². The number of rotatable bonds is 6. The van der Waals surface area contributed by atoms with Crippen molar-refractivity contribution < 1.29 is 24.5 Å². The largest absolute Gasteiger partial charge is 0.508 e. The lowest BCUT2D eigenvalue weighted by atomic mass is 10.1. The van der Waals surface area contributed by atoms with E-state index in [1.807, 2.05) is 0 Å². The topological polar surface area (TPSA) is 83.8 Å². The van der Waals surface area contributed by atoms with Crippen LogP contribution in [0.1, 0.15) is 30.9 Å². The van der Waals surface area contributed by atoms with Crippen molar-refractivity contribution in [3.63, 3.8) is 0 Å². The number of Topliss-reactive ketones (excluding diaryl/α,β-unsaturated/α-hetero) is 1. The Labute approximate surface area is 139 Å². The molecule has 0 spiro atoms. The predicted octanol–water partition coefficient (Wildman–Crippen LogP) is 3.54. The lowest BCUT2D eigenvalue weighted by Crippen LogP contribution is -2.09.